The third-order valence-corrected chi connectivity index (χ3v) is 7.10. The molecule has 0 spiro atoms. The van der Waals surface area contributed by atoms with E-state index in [2.05, 4.69) is 24.3 Å². The van der Waals surface area contributed by atoms with Gasteiger partial charge in [-0.15, -0.1) is 0 Å². The van der Waals surface area contributed by atoms with Crippen molar-refractivity contribution >= 4 is 17.0 Å². The first-order valence-electron chi connectivity index (χ1n) is 11.6. The SMILES string of the molecule is C1=CC2CCC(CCC3CCC4CCCCC43)C2C=C1.CC.CC.[CH3-].[CH3-].[Cl][Zr+2][Cl]. The molecule has 0 nitrogen and oxygen atoms in total. The molecule has 0 aromatic carbocycles. The van der Waals surface area contributed by atoms with Gasteiger partial charge in [-0.2, -0.15) is 0 Å². The second-order valence-electron chi connectivity index (χ2n) is 8.04. The summed E-state index contributed by atoms with van der Waals surface area (Å²) in [4.78, 5) is 0. The van der Waals surface area contributed by atoms with Crippen LogP contribution in [-0.2, 0) is 20.8 Å². The van der Waals surface area contributed by atoms with E-state index in [0.717, 1.165) is 35.5 Å². The van der Waals surface area contributed by atoms with Crippen molar-refractivity contribution in [2.24, 2.45) is 35.5 Å². The van der Waals surface area contributed by atoms with E-state index in [1.54, 1.807) is 32.1 Å². The maximum atomic E-state index is 4.93. The van der Waals surface area contributed by atoms with Gasteiger partial charge in [0, 0.05) is 0 Å². The van der Waals surface area contributed by atoms with E-state index in [1.165, 1.54) is 32.1 Å². The number of hydrogen-bond donors (Lipinski definition) is 0. The predicted octanol–water partition coefficient (Wildman–Crippen LogP) is 10.1. The summed E-state index contributed by atoms with van der Waals surface area (Å²) in [6.07, 6.45) is 24.9. The molecule has 170 valence electrons. The fourth-order valence-corrected chi connectivity index (χ4v) is 6.05. The topological polar surface area (TPSA) is 0 Å². The van der Waals surface area contributed by atoms with Crippen molar-refractivity contribution in [1.82, 2.24) is 0 Å². The summed E-state index contributed by atoms with van der Waals surface area (Å²) in [6.45, 7) is 8.00. The quantitative estimate of drug-likeness (QED) is 0.323. The van der Waals surface area contributed by atoms with Gasteiger partial charge in [-0.3, -0.25) is 0 Å². The first kappa shape index (κ1) is 32.1. The first-order valence-corrected chi connectivity index (χ1v) is 18.0. The van der Waals surface area contributed by atoms with Crippen LogP contribution in [0.1, 0.15) is 91.9 Å². The number of rotatable bonds is 3. The van der Waals surface area contributed by atoms with Crippen LogP contribution in [0.3, 0.4) is 0 Å². The number of hydrogen-bond acceptors (Lipinski definition) is 0. The molecule has 0 saturated heterocycles. The van der Waals surface area contributed by atoms with Crippen LogP contribution in [0.4, 0.5) is 0 Å². The van der Waals surface area contributed by atoms with Crippen molar-refractivity contribution in [1.29, 1.82) is 0 Å². The van der Waals surface area contributed by atoms with Crippen molar-refractivity contribution in [3.8, 4) is 0 Å². The first-order chi connectivity index (χ1) is 13.3. The van der Waals surface area contributed by atoms with Gasteiger partial charge in [-0.25, -0.2) is 0 Å². The number of fused-ring (bicyclic) bond motifs is 2. The Morgan fingerprint density at radius 2 is 1.28 bits per heavy atom. The second kappa shape index (κ2) is 19.6. The van der Waals surface area contributed by atoms with Crippen LogP contribution in [0.15, 0.2) is 24.3 Å². The monoisotopic (exact) mass is 520 g/mol. The van der Waals surface area contributed by atoms with E-state index in [4.69, 9.17) is 17.0 Å². The molecule has 4 aliphatic rings. The van der Waals surface area contributed by atoms with Gasteiger partial charge in [-0.1, -0.05) is 71.3 Å². The van der Waals surface area contributed by atoms with Gasteiger partial charge in [0.1, 0.15) is 0 Å². The average molecular weight is 523 g/mol. The molecule has 0 aliphatic heterocycles. The normalized spacial score (nSPS) is 32.8. The summed E-state index contributed by atoms with van der Waals surface area (Å²) in [5.74, 6) is 6.14. The van der Waals surface area contributed by atoms with E-state index in [9.17, 15) is 0 Å². The van der Waals surface area contributed by atoms with E-state index in [0.29, 0.717) is 0 Å². The van der Waals surface area contributed by atoms with Gasteiger partial charge in [0.2, 0.25) is 0 Å². The van der Waals surface area contributed by atoms with Crippen LogP contribution >= 0.6 is 17.0 Å². The van der Waals surface area contributed by atoms with Gasteiger partial charge in [0.15, 0.2) is 0 Å². The van der Waals surface area contributed by atoms with Crippen LogP contribution in [-0.4, -0.2) is 0 Å². The van der Waals surface area contributed by atoms with Gasteiger partial charge in [0.05, 0.1) is 0 Å². The third-order valence-electron chi connectivity index (χ3n) is 7.10. The number of allylic oxidation sites excluding steroid dienone is 4. The zero-order chi connectivity index (χ0) is 20.1. The Hall–Kier alpha value is 0.943. The Labute approximate surface area is 203 Å². The second-order valence-corrected chi connectivity index (χ2v) is 11.8. The van der Waals surface area contributed by atoms with Crippen molar-refractivity contribution < 1.29 is 20.8 Å². The van der Waals surface area contributed by atoms with Gasteiger partial charge in [-0.05, 0) is 80.5 Å². The minimum absolute atomic E-state index is 0. The van der Waals surface area contributed by atoms with E-state index in [1.807, 2.05) is 27.7 Å². The molecular weight excluding hydrogens is 474 g/mol. The summed E-state index contributed by atoms with van der Waals surface area (Å²) in [5.41, 5.74) is 0. The van der Waals surface area contributed by atoms with Crippen molar-refractivity contribution in [2.45, 2.75) is 91.9 Å². The molecule has 0 radical (unpaired) electrons. The van der Waals surface area contributed by atoms with Crippen LogP contribution in [0.5, 0.6) is 0 Å². The molecule has 4 rings (SSSR count). The molecular formula is C26H48Cl2Zr. The molecule has 0 aromatic heterocycles. The molecule has 4 aliphatic carbocycles. The third kappa shape index (κ3) is 9.95. The average Bonchev–Trinajstić information content (AvgIpc) is 3.34. The van der Waals surface area contributed by atoms with Crippen LogP contribution < -0.4 is 0 Å². The van der Waals surface area contributed by atoms with Gasteiger partial charge >= 0.3 is 37.9 Å². The summed E-state index contributed by atoms with van der Waals surface area (Å²) in [5, 5.41) is 0. The molecule has 3 fully saturated rings. The van der Waals surface area contributed by atoms with Crippen molar-refractivity contribution in [3.05, 3.63) is 39.2 Å². The zero-order valence-corrected chi connectivity index (χ0v) is 24.1. The predicted molar refractivity (Wildman–Crippen MR) is 133 cm³/mol. The molecule has 0 N–H and O–H groups in total. The molecule has 0 aromatic rings. The Balaban J connectivity index is 0. The summed E-state index contributed by atoms with van der Waals surface area (Å²) < 4.78 is 0. The van der Waals surface area contributed by atoms with E-state index >= 15 is 0 Å². The fraction of sp³-hybridized carbons (Fsp3) is 0.769. The van der Waals surface area contributed by atoms with Crippen LogP contribution in [0.2, 0.25) is 0 Å². The van der Waals surface area contributed by atoms with Crippen molar-refractivity contribution in [3.63, 3.8) is 0 Å². The molecule has 0 amide bonds. The Bertz CT molecular complexity index is 421. The molecule has 29 heavy (non-hydrogen) atoms. The Morgan fingerprint density at radius 3 is 1.97 bits per heavy atom. The molecule has 0 bridgehead atoms. The van der Waals surface area contributed by atoms with Crippen LogP contribution in [0.25, 0.3) is 0 Å². The minimum atomic E-state index is -0.826. The summed E-state index contributed by atoms with van der Waals surface area (Å²) in [6, 6.07) is 0. The number of halogens is 2. The molecule has 3 heteroatoms. The molecule has 3 saturated carbocycles. The van der Waals surface area contributed by atoms with E-state index in [-0.39, 0.29) is 14.9 Å². The zero-order valence-electron chi connectivity index (χ0n) is 20.1. The summed E-state index contributed by atoms with van der Waals surface area (Å²) in [7, 11) is 9.87. The molecule has 6 atom stereocenters. The maximum absolute atomic E-state index is 4.93. The Morgan fingerprint density at radius 1 is 0.724 bits per heavy atom. The Kier molecular flexibility index (Phi) is 21.7. The molecule has 0 heterocycles. The fourth-order valence-electron chi connectivity index (χ4n) is 6.05. The van der Waals surface area contributed by atoms with Gasteiger partial charge in [0.25, 0.3) is 0 Å². The van der Waals surface area contributed by atoms with E-state index < -0.39 is 20.8 Å². The standard InChI is InChI=1S/C20H30.2C2H6.2CH3.2ClH.Zr/c1-3-7-19-15(5-1)9-11-17(19)13-14-18-12-10-16-6-2-4-8-20(16)18;2*1-2;;;;;/h1,3,5,7,15-20H,2,4,6,8-14H2;2*1-2H3;2*1H3;2*1H;/q;;;2*-1;;;+4/p-2. The molecule has 6 unspecified atom stereocenters. The van der Waals surface area contributed by atoms with Gasteiger partial charge < -0.3 is 14.9 Å². The summed E-state index contributed by atoms with van der Waals surface area (Å²) >= 11 is -0.826. The van der Waals surface area contributed by atoms with Crippen LogP contribution in [0, 0.1) is 50.4 Å². The van der Waals surface area contributed by atoms with Crippen molar-refractivity contribution in [2.75, 3.05) is 0 Å².